The van der Waals surface area contributed by atoms with Crippen LogP contribution >= 0.6 is 0 Å². The van der Waals surface area contributed by atoms with E-state index in [4.69, 9.17) is 9.47 Å². The molecule has 144 valence electrons. The molecule has 1 aliphatic rings. The quantitative estimate of drug-likeness (QED) is 0.560. The molecule has 1 N–H and O–H groups in total. The maximum absolute atomic E-state index is 5.96. The Morgan fingerprint density at radius 1 is 0.893 bits per heavy atom. The Hall–Kier alpha value is -2.85. The van der Waals surface area contributed by atoms with Crippen LogP contribution in [0.5, 0.6) is 11.5 Å². The summed E-state index contributed by atoms with van der Waals surface area (Å²) in [6.45, 7) is 2.48. The number of ether oxygens (including phenoxy) is 2. The first-order valence-corrected chi connectivity index (χ1v) is 9.95. The molecule has 4 nitrogen and oxygen atoms in total. The number of aryl methyl sites for hydroxylation is 1. The average Bonchev–Trinajstić information content (AvgIpc) is 2.71. The second-order valence-electron chi connectivity index (χ2n) is 7.13. The van der Waals surface area contributed by atoms with Gasteiger partial charge in [0.15, 0.2) is 0 Å². The summed E-state index contributed by atoms with van der Waals surface area (Å²) in [5.74, 6) is 1.69. The van der Waals surface area contributed by atoms with Crippen LogP contribution in [0.4, 0.5) is 0 Å². The van der Waals surface area contributed by atoms with Crippen molar-refractivity contribution in [1.29, 1.82) is 0 Å². The predicted molar refractivity (Wildman–Crippen MR) is 112 cm³/mol. The van der Waals surface area contributed by atoms with Gasteiger partial charge in [-0.3, -0.25) is 4.98 Å². The van der Waals surface area contributed by atoms with Crippen molar-refractivity contribution in [2.75, 3.05) is 19.8 Å². The molecule has 3 aromatic rings. The molecule has 0 spiro atoms. The molecule has 2 heterocycles. The Bertz CT molecular complexity index is 879. The summed E-state index contributed by atoms with van der Waals surface area (Å²) in [5.41, 5.74) is 3.47. The smallest absolute Gasteiger partial charge is 0.138 e. The number of aromatic nitrogens is 1. The van der Waals surface area contributed by atoms with E-state index in [0.29, 0.717) is 19.3 Å². The highest BCUT2D eigenvalue weighted by Crippen LogP contribution is 2.26. The highest BCUT2D eigenvalue weighted by atomic mass is 16.5. The molecule has 1 aliphatic heterocycles. The van der Waals surface area contributed by atoms with Crippen LogP contribution in [0, 0.1) is 0 Å². The number of pyridine rings is 1. The van der Waals surface area contributed by atoms with Crippen molar-refractivity contribution in [2.24, 2.45) is 0 Å². The number of rotatable bonds is 9. The van der Waals surface area contributed by atoms with Crippen molar-refractivity contribution in [3.8, 4) is 22.6 Å². The van der Waals surface area contributed by atoms with E-state index in [0.717, 1.165) is 42.0 Å². The highest BCUT2D eigenvalue weighted by Gasteiger charge is 2.16. The van der Waals surface area contributed by atoms with Gasteiger partial charge in [-0.15, -0.1) is 0 Å². The number of hydrogen-bond donors (Lipinski definition) is 1. The summed E-state index contributed by atoms with van der Waals surface area (Å²) in [5, 5.41) is 3.34. The lowest BCUT2D eigenvalue weighted by molar-refractivity contribution is 0.217. The molecule has 28 heavy (non-hydrogen) atoms. The summed E-state index contributed by atoms with van der Waals surface area (Å²) in [6.07, 6.45) is 6.83. The van der Waals surface area contributed by atoms with Crippen LogP contribution in [-0.2, 0) is 6.42 Å². The van der Waals surface area contributed by atoms with Gasteiger partial charge in [0, 0.05) is 17.8 Å². The lowest BCUT2D eigenvalue weighted by Crippen LogP contribution is -2.46. The second kappa shape index (κ2) is 9.38. The van der Waals surface area contributed by atoms with Gasteiger partial charge in [0.25, 0.3) is 0 Å². The molecule has 0 unspecified atom stereocenters. The van der Waals surface area contributed by atoms with Crippen LogP contribution in [0.15, 0.2) is 73.1 Å². The standard InChI is InChI=1S/C24H26N2O2/c1-2-6-19(7-3-1)8-5-13-27-23-10-4-9-20(14-23)21-15-24(17-25-16-21)28-18-22-11-12-26-22/h1-4,6-7,9-10,14-17,22,26H,5,8,11-13,18H2/t22-/m0/s1. The maximum atomic E-state index is 5.96. The Labute approximate surface area is 166 Å². The first-order chi connectivity index (χ1) is 13.9. The van der Waals surface area contributed by atoms with E-state index in [1.165, 1.54) is 12.0 Å². The summed E-state index contributed by atoms with van der Waals surface area (Å²) in [4.78, 5) is 4.34. The first-order valence-electron chi connectivity index (χ1n) is 9.95. The Morgan fingerprint density at radius 3 is 2.57 bits per heavy atom. The van der Waals surface area contributed by atoms with Gasteiger partial charge < -0.3 is 14.8 Å². The summed E-state index contributed by atoms with van der Waals surface area (Å²) >= 11 is 0. The molecular weight excluding hydrogens is 348 g/mol. The lowest BCUT2D eigenvalue weighted by atomic mass is 10.1. The van der Waals surface area contributed by atoms with E-state index >= 15 is 0 Å². The number of nitrogens with zero attached hydrogens (tertiary/aromatic N) is 1. The topological polar surface area (TPSA) is 43.4 Å². The predicted octanol–water partition coefficient (Wildman–Crippen LogP) is 4.50. The fourth-order valence-electron chi connectivity index (χ4n) is 3.22. The van der Waals surface area contributed by atoms with Crippen molar-refractivity contribution < 1.29 is 9.47 Å². The van der Waals surface area contributed by atoms with E-state index in [1.807, 2.05) is 30.5 Å². The number of hydrogen-bond acceptors (Lipinski definition) is 4. The van der Waals surface area contributed by atoms with Gasteiger partial charge in [0.05, 0.1) is 12.8 Å². The SMILES string of the molecule is c1ccc(CCCOc2cccc(-c3cncc(OC[C@@H]4CCN4)c3)c2)cc1. The van der Waals surface area contributed by atoms with Crippen molar-refractivity contribution in [3.05, 3.63) is 78.6 Å². The summed E-state index contributed by atoms with van der Waals surface area (Å²) in [6, 6.07) is 21.2. The molecule has 0 aliphatic carbocycles. The zero-order chi connectivity index (χ0) is 19.0. The van der Waals surface area contributed by atoms with Crippen LogP contribution in [0.3, 0.4) is 0 Å². The third-order valence-corrected chi connectivity index (χ3v) is 4.98. The zero-order valence-electron chi connectivity index (χ0n) is 16.0. The van der Waals surface area contributed by atoms with Crippen LogP contribution < -0.4 is 14.8 Å². The largest absolute Gasteiger partial charge is 0.494 e. The van der Waals surface area contributed by atoms with E-state index in [9.17, 15) is 0 Å². The maximum Gasteiger partial charge on any atom is 0.138 e. The second-order valence-corrected chi connectivity index (χ2v) is 7.13. The number of benzene rings is 2. The molecule has 4 rings (SSSR count). The van der Waals surface area contributed by atoms with Gasteiger partial charge >= 0.3 is 0 Å². The van der Waals surface area contributed by atoms with Crippen LogP contribution in [-0.4, -0.2) is 30.8 Å². The van der Waals surface area contributed by atoms with Crippen molar-refractivity contribution in [3.63, 3.8) is 0 Å². The van der Waals surface area contributed by atoms with Crippen LogP contribution in [0.1, 0.15) is 18.4 Å². The lowest BCUT2D eigenvalue weighted by Gasteiger charge is -2.27. The third-order valence-electron chi connectivity index (χ3n) is 4.98. The molecule has 4 heteroatoms. The summed E-state index contributed by atoms with van der Waals surface area (Å²) < 4.78 is 11.8. The Balaban J connectivity index is 1.32. The minimum Gasteiger partial charge on any atom is -0.494 e. The monoisotopic (exact) mass is 374 g/mol. The molecule has 0 bridgehead atoms. The molecule has 0 radical (unpaired) electrons. The fraction of sp³-hybridized carbons (Fsp3) is 0.292. The van der Waals surface area contributed by atoms with Gasteiger partial charge in [-0.1, -0.05) is 42.5 Å². The molecule has 0 amide bonds. The molecule has 2 aromatic carbocycles. The first kappa shape index (κ1) is 18.5. The molecule has 1 saturated heterocycles. The summed E-state index contributed by atoms with van der Waals surface area (Å²) in [7, 11) is 0. The van der Waals surface area contributed by atoms with Gasteiger partial charge in [0.2, 0.25) is 0 Å². The van der Waals surface area contributed by atoms with Crippen molar-refractivity contribution in [2.45, 2.75) is 25.3 Å². The highest BCUT2D eigenvalue weighted by molar-refractivity contribution is 5.65. The molecule has 1 aromatic heterocycles. The minimum absolute atomic E-state index is 0.469. The van der Waals surface area contributed by atoms with Crippen molar-refractivity contribution >= 4 is 0 Å². The normalized spacial score (nSPS) is 15.6. The Morgan fingerprint density at radius 2 is 1.75 bits per heavy atom. The van der Waals surface area contributed by atoms with Gasteiger partial charge in [-0.2, -0.15) is 0 Å². The molecular formula is C24H26N2O2. The van der Waals surface area contributed by atoms with Crippen LogP contribution in [0.25, 0.3) is 11.1 Å². The van der Waals surface area contributed by atoms with Gasteiger partial charge in [-0.05, 0) is 55.1 Å². The van der Waals surface area contributed by atoms with E-state index in [2.05, 4.69) is 46.7 Å². The van der Waals surface area contributed by atoms with E-state index < -0.39 is 0 Å². The molecule has 1 fully saturated rings. The van der Waals surface area contributed by atoms with Crippen molar-refractivity contribution in [1.82, 2.24) is 10.3 Å². The van der Waals surface area contributed by atoms with Crippen LogP contribution in [0.2, 0.25) is 0 Å². The van der Waals surface area contributed by atoms with E-state index in [-0.39, 0.29) is 0 Å². The third kappa shape index (κ3) is 5.11. The van der Waals surface area contributed by atoms with E-state index in [1.54, 1.807) is 6.20 Å². The molecule has 1 atom stereocenters. The fourth-order valence-corrected chi connectivity index (χ4v) is 3.22. The number of nitrogens with one attached hydrogen (secondary N) is 1. The minimum atomic E-state index is 0.469. The van der Waals surface area contributed by atoms with Gasteiger partial charge in [0.1, 0.15) is 18.1 Å². The Kier molecular flexibility index (Phi) is 6.20. The molecule has 0 saturated carbocycles. The zero-order valence-corrected chi connectivity index (χ0v) is 16.0. The van der Waals surface area contributed by atoms with Gasteiger partial charge in [-0.25, -0.2) is 0 Å². The average molecular weight is 374 g/mol.